The van der Waals surface area contributed by atoms with Gasteiger partial charge in [0.1, 0.15) is 18.7 Å². The van der Waals surface area contributed by atoms with Crippen molar-refractivity contribution in [3.05, 3.63) is 16.8 Å². The van der Waals surface area contributed by atoms with E-state index in [9.17, 15) is 9.90 Å². The fraction of sp³-hybridized carbons (Fsp3) is 0.667. The maximum absolute atomic E-state index is 11.6. The van der Waals surface area contributed by atoms with Crippen LogP contribution in [0.25, 0.3) is 0 Å². The van der Waals surface area contributed by atoms with Gasteiger partial charge in [-0.05, 0) is 0 Å². The van der Waals surface area contributed by atoms with Crippen LogP contribution in [0.2, 0.25) is 0 Å². The Morgan fingerprint density at radius 3 is 2.88 bits per heavy atom. The van der Waals surface area contributed by atoms with E-state index in [4.69, 9.17) is 15.6 Å². The van der Waals surface area contributed by atoms with E-state index in [0.717, 1.165) is 4.57 Å². The first-order chi connectivity index (χ1) is 8.04. The predicted octanol–water partition coefficient (Wildman–Crippen LogP) is -1.89. The van der Waals surface area contributed by atoms with Gasteiger partial charge in [0.25, 0.3) is 0 Å². The van der Waals surface area contributed by atoms with Gasteiger partial charge in [0, 0.05) is 5.92 Å². The topological polar surface area (TPSA) is 123 Å². The SMILES string of the molecule is CC1[C@@H](O)[C@@H](CO)O[C@H]1n1cnc(N)nc1=O. The summed E-state index contributed by atoms with van der Waals surface area (Å²) >= 11 is 0. The maximum Gasteiger partial charge on any atom is 0.354 e. The smallest absolute Gasteiger partial charge is 0.354 e. The van der Waals surface area contributed by atoms with Crippen molar-refractivity contribution >= 4 is 5.95 Å². The number of aliphatic hydroxyl groups is 2. The zero-order chi connectivity index (χ0) is 12.6. The lowest BCUT2D eigenvalue weighted by atomic mass is 10.0. The van der Waals surface area contributed by atoms with Crippen molar-refractivity contribution < 1.29 is 14.9 Å². The Bertz CT molecular complexity index is 463. The number of anilines is 1. The summed E-state index contributed by atoms with van der Waals surface area (Å²) < 4.78 is 6.54. The number of aliphatic hydroxyl groups excluding tert-OH is 2. The maximum atomic E-state index is 11.6. The van der Waals surface area contributed by atoms with E-state index < -0.39 is 24.1 Å². The van der Waals surface area contributed by atoms with Gasteiger partial charge in [-0.15, -0.1) is 0 Å². The highest BCUT2D eigenvalue weighted by Crippen LogP contribution is 2.33. The normalized spacial score (nSPS) is 32.9. The minimum Gasteiger partial charge on any atom is -0.394 e. The average Bonchev–Trinajstić information content (AvgIpc) is 2.57. The number of nitrogen functional groups attached to an aromatic ring is 1. The monoisotopic (exact) mass is 242 g/mol. The van der Waals surface area contributed by atoms with Gasteiger partial charge < -0.3 is 20.7 Å². The molecule has 94 valence electrons. The summed E-state index contributed by atoms with van der Waals surface area (Å²) in [6.45, 7) is 1.40. The minimum absolute atomic E-state index is 0.115. The van der Waals surface area contributed by atoms with Gasteiger partial charge >= 0.3 is 5.69 Å². The van der Waals surface area contributed by atoms with Crippen LogP contribution >= 0.6 is 0 Å². The van der Waals surface area contributed by atoms with E-state index in [1.807, 2.05) is 0 Å². The highest BCUT2D eigenvalue weighted by atomic mass is 16.5. The molecule has 1 aliphatic heterocycles. The quantitative estimate of drug-likeness (QED) is 0.553. The van der Waals surface area contributed by atoms with Crippen molar-refractivity contribution in [2.24, 2.45) is 5.92 Å². The zero-order valence-corrected chi connectivity index (χ0v) is 9.22. The lowest BCUT2D eigenvalue weighted by molar-refractivity contribution is -0.0480. The number of nitrogens with zero attached hydrogens (tertiary/aromatic N) is 3. The molecule has 1 aliphatic rings. The molecule has 4 N–H and O–H groups in total. The molecule has 0 bridgehead atoms. The third-order valence-corrected chi connectivity index (χ3v) is 2.88. The van der Waals surface area contributed by atoms with Gasteiger partial charge in [-0.2, -0.15) is 4.98 Å². The van der Waals surface area contributed by atoms with Crippen LogP contribution in [-0.4, -0.2) is 43.6 Å². The molecule has 1 saturated heterocycles. The van der Waals surface area contributed by atoms with Crippen LogP contribution in [0.5, 0.6) is 0 Å². The molecule has 8 nitrogen and oxygen atoms in total. The standard InChI is InChI=1S/C9H14N4O4/c1-4-6(15)5(2-14)17-7(4)13-3-11-8(10)12-9(13)16/h3-7,14-15H,2H2,1H3,(H2,10,12,16)/t4?,5-,6-,7-/m1/s1. The molecule has 0 spiro atoms. The number of nitrogens with two attached hydrogens (primary N) is 1. The second-order valence-electron chi connectivity index (χ2n) is 4.00. The van der Waals surface area contributed by atoms with Crippen molar-refractivity contribution in [1.82, 2.24) is 14.5 Å². The molecule has 1 unspecified atom stereocenters. The summed E-state index contributed by atoms with van der Waals surface area (Å²) in [6.07, 6.45) is -1.03. The molecule has 0 aliphatic carbocycles. The van der Waals surface area contributed by atoms with Crippen molar-refractivity contribution in [3.8, 4) is 0 Å². The Morgan fingerprint density at radius 2 is 2.35 bits per heavy atom. The van der Waals surface area contributed by atoms with Gasteiger partial charge in [0.15, 0.2) is 0 Å². The van der Waals surface area contributed by atoms with Crippen LogP contribution in [0, 0.1) is 5.92 Å². The lowest BCUT2D eigenvalue weighted by Gasteiger charge is -2.17. The van der Waals surface area contributed by atoms with Crippen LogP contribution in [0.3, 0.4) is 0 Å². The molecule has 4 atom stereocenters. The number of rotatable bonds is 2. The number of ether oxygens (including phenoxy) is 1. The molecule has 17 heavy (non-hydrogen) atoms. The molecule has 0 amide bonds. The Morgan fingerprint density at radius 1 is 1.65 bits per heavy atom. The van der Waals surface area contributed by atoms with Crippen molar-refractivity contribution in [2.45, 2.75) is 25.4 Å². The summed E-state index contributed by atoms with van der Waals surface area (Å²) in [7, 11) is 0. The van der Waals surface area contributed by atoms with Crippen LogP contribution < -0.4 is 11.4 Å². The van der Waals surface area contributed by atoms with E-state index in [-0.39, 0.29) is 18.5 Å². The largest absolute Gasteiger partial charge is 0.394 e. The molecular weight excluding hydrogens is 228 g/mol. The highest BCUT2D eigenvalue weighted by Gasteiger charge is 2.41. The molecular formula is C9H14N4O4. The van der Waals surface area contributed by atoms with E-state index in [0.29, 0.717) is 0 Å². The third-order valence-electron chi connectivity index (χ3n) is 2.88. The molecule has 0 radical (unpaired) electrons. The number of hydrogen-bond acceptors (Lipinski definition) is 7. The Kier molecular flexibility index (Phi) is 3.09. The first-order valence-corrected chi connectivity index (χ1v) is 5.19. The Labute approximate surface area is 96.7 Å². The highest BCUT2D eigenvalue weighted by molar-refractivity contribution is 5.10. The van der Waals surface area contributed by atoms with Crippen LogP contribution in [0.15, 0.2) is 11.1 Å². The van der Waals surface area contributed by atoms with E-state index in [1.165, 1.54) is 6.33 Å². The summed E-state index contributed by atoms with van der Waals surface area (Å²) in [6, 6.07) is 0. The Balaban J connectivity index is 2.32. The third kappa shape index (κ3) is 2.02. The van der Waals surface area contributed by atoms with Crippen molar-refractivity contribution in [2.75, 3.05) is 12.3 Å². The van der Waals surface area contributed by atoms with Crippen LogP contribution in [0.1, 0.15) is 13.2 Å². The number of aromatic nitrogens is 3. The fourth-order valence-electron chi connectivity index (χ4n) is 1.89. The molecule has 2 heterocycles. The van der Waals surface area contributed by atoms with E-state index in [1.54, 1.807) is 6.92 Å². The first kappa shape index (κ1) is 12.0. The summed E-state index contributed by atoms with van der Waals surface area (Å²) in [5.41, 5.74) is 4.68. The average molecular weight is 242 g/mol. The molecule has 0 aromatic carbocycles. The summed E-state index contributed by atoms with van der Waals surface area (Å²) in [5.74, 6) is -0.465. The second kappa shape index (κ2) is 4.40. The predicted molar refractivity (Wildman–Crippen MR) is 56.9 cm³/mol. The first-order valence-electron chi connectivity index (χ1n) is 5.19. The molecule has 1 aromatic rings. The van der Waals surface area contributed by atoms with Gasteiger partial charge in [-0.1, -0.05) is 6.92 Å². The van der Waals surface area contributed by atoms with Crippen molar-refractivity contribution in [3.63, 3.8) is 0 Å². The van der Waals surface area contributed by atoms with Crippen molar-refractivity contribution in [1.29, 1.82) is 0 Å². The van der Waals surface area contributed by atoms with Gasteiger partial charge in [0.2, 0.25) is 5.95 Å². The molecule has 1 fully saturated rings. The van der Waals surface area contributed by atoms with Gasteiger partial charge in [0.05, 0.1) is 12.7 Å². The molecule has 0 saturated carbocycles. The second-order valence-corrected chi connectivity index (χ2v) is 4.00. The van der Waals surface area contributed by atoms with Gasteiger partial charge in [-0.25, -0.2) is 9.78 Å². The summed E-state index contributed by atoms with van der Waals surface area (Å²) in [4.78, 5) is 18.8. The van der Waals surface area contributed by atoms with E-state index >= 15 is 0 Å². The number of hydrogen-bond donors (Lipinski definition) is 3. The molecule has 8 heteroatoms. The minimum atomic E-state index is -0.838. The lowest BCUT2D eigenvalue weighted by Crippen LogP contribution is -2.31. The van der Waals surface area contributed by atoms with Crippen LogP contribution in [-0.2, 0) is 4.74 Å². The Hall–Kier alpha value is -1.51. The fourth-order valence-corrected chi connectivity index (χ4v) is 1.89. The van der Waals surface area contributed by atoms with E-state index in [2.05, 4.69) is 9.97 Å². The van der Waals surface area contributed by atoms with Gasteiger partial charge in [-0.3, -0.25) is 4.57 Å². The molecule has 2 rings (SSSR count). The van der Waals surface area contributed by atoms with Crippen LogP contribution in [0.4, 0.5) is 5.95 Å². The summed E-state index contributed by atoms with van der Waals surface area (Å²) in [5, 5.41) is 18.8. The zero-order valence-electron chi connectivity index (χ0n) is 9.22. The molecule has 1 aromatic heterocycles.